The number of carbonyl (C=O) groups is 2. The van der Waals surface area contributed by atoms with Gasteiger partial charge in [-0.1, -0.05) is 18.2 Å². The van der Waals surface area contributed by atoms with Crippen LogP contribution in [-0.2, 0) is 9.59 Å². The van der Waals surface area contributed by atoms with E-state index in [-0.39, 0.29) is 11.5 Å². The molecule has 0 unspecified atom stereocenters. The van der Waals surface area contributed by atoms with Crippen molar-refractivity contribution in [2.24, 2.45) is 5.10 Å². The van der Waals surface area contributed by atoms with Crippen molar-refractivity contribution >= 4 is 39.6 Å². The van der Waals surface area contributed by atoms with E-state index < -0.39 is 11.8 Å². The predicted molar refractivity (Wildman–Crippen MR) is 107 cm³/mol. The minimum Gasteiger partial charge on any atom is -0.503 e. The summed E-state index contributed by atoms with van der Waals surface area (Å²) in [6.07, 6.45) is 1.34. The second-order valence-electron chi connectivity index (χ2n) is 5.70. The highest BCUT2D eigenvalue weighted by Crippen LogP contribution is 2.35. The molecular formula is C19H20BrN3O4. The van der Waals surface area contributed by atoms with Gasteiger partial charge in [0.15, 0.2) is 11.5 Å². The Labute approximate surface area is 165 Å². The molecule has 0 atom stereocenters. The predicted octanol–water partition coefficient (Wildman–Crippen LogP) is 3.26. The summed E-state index contributed by atoms with van der Waals surface area (Å²) in [7, 11) is 0. The Hall–Kier alpha value is -2.87. The van der Waals surface area contributed by atoms with Gasteiger partial charge in [0.05, 0.1) is 17.3 Å². The fraction of sp³-hybridized carbons (Fsp3) is 0.211. The van der Waals surface area contributed by atoms with Gasteiger partial charge in [-0.05, 0) is 65.5 Å². The molecule has 2 amide bonds. The highest BCUT2D eigenvalue weighted by atomic mass is 79.9. The standard InChI is InChI=1S/C19H20BrN3O4/c1-4-27-15-9-13(8-14(20)17(15)24)10-21-23-19(26)18(25)22-16-11(2)6-5-7-12(16)3/h5-10,24H,4H2,1-3H3,(H,22,25)(H,23,26)/b21-10+. The lowest BCUT2D eigenvalue weighted by molar-refractivity contribution is -0.136. The van der Waals surface area contributed by atoms with Crippen LogP contribution in [0.5, 0.6) is 11.5 Å². The normalized spacial score (nSPS) is 10.7. The van der Waals surface area contributed by atoms with E-state index in [9.17, 15) is 14.7 Å². The topological polar surface area (TPSA) is 100 Å². The molecule has 0 aromatic heterocycles. The van der Waals surface area contributed by atoms with Crippen LogP contribution >= 0.6 is 15.9 Å². The first-order valence-corrected chi connectivity index (χ1v) is 8.98. The van der Waals surface area contributed by atoms with Crippen LogP contribution in [0.2, 0.25) is 0 Å². The van der Waals surface area contributed by atoms with Crippen molar-refractivity contribution in [2.45, 2.75) is 20.8 Å². The molecule has 27 heavy (non-hydrogen) atoms. The summed E-state index contributed by atoms with van der Waals surface area (Å²) in [4.78, 5) is 24.0. The number of nitrogens with zero attached hydrogens (tertiary/aromatic N) is 1. The number of anilines is 1. The van der Waals surface area contributed by atoms with Crippen molar-refractivity contribution in [1.82, 2.24) is 5.43 Å². The smallest absolute Gasteiger partial charge is 0.329 e. The molecule has 0 aliphatic heterocycles. The fourth-order valence-electron chi connectivity index (χ4n) is 2.33. The number of carbonyl (C=O) groups excluding carboxylic acids is 2. The summed E-state index contributed by atoms with van der Waals surface area (Å²) in [6.45, 7) is 5.87. The van der Waals surface area contributed by atoms with Gasteiger partial charge < -0.3 is 15.2 Å². The highest BCUT2D eigenvalue weighted by Gasteiger charge is 2.15. The Morgan fingerprint density at radius 1 is 1.22 bits per heavy atom. The molecule has 2 rings (SSSR count). The molecule has 142 valence electrons. The molecular weight excluding hydrogens is 414 g/mol. The Balaban J connectivity index is 2.03. The number of ether oxygens (including phenoxy) is 1. The summed E-state index contributed by atoms with van der Waals surface area (Å²) >= 11 is 3.22. The molecule has 0 aliphatic rings. The lowest BCUT2D eigenvalue weighted by atomic mass is 10.1. The zero-order chi connectivity index (χ0) is 20.0. The van der Waals surface area contributed by atoms with Gasteiger partial charge in [0.2, 0.25) is 0 Å². The number of rotatable bonds is 5. The second kappa shape index (κ2) is 9.18. The second-order valence-corrected chi connectivity index (χ2v) is 6.56. The maximum absolute atomic E-state index is 12.0. The lowest BCUT2D eigenvalue weighted by Gasteiger charge is -2.10. The number of phenolic OH excluding ortho intramolecular Hbond substituents is 1. The van der Waals surface area contributed by atoms with Crippen molar-refractivity contribution in [3.8, 4) is 11.5 Å². The summed E-state index contributed by atoms with van der Waals surface area (Å²) in [6, 6.07) is 8.73. The molecule has 0 saturated heterocycles. The molecule has 2 aromatic rings. The van der Waals surface area contributed by atoms with Crippen LogP contribution in [0, 0.1) is 13.8 Å². The Bertz CT molecular complexity index is 877. The van der Waals surface area contributed by atoms with Crippen LogP contribution in [0.25, 0.3) is 0 Å². The first-order valence-electron chi connectivity index (χ1n) is 8.19. The molecule has 0 saturated carbocycles. The van der Waals surface area contributed by atoms with Crippen LogP contribution in [0.1, 0.15) is 23.6 Å². The van der Waals surface area contributed by atoms with Crippen molar-refractivity contribution in [3.63, 3.8) is 0 Å². The van der Waals surface area contributed by atoms with E-state index in [2.05, 4.69) is 31.8 Å². The molecule has 0 aliphatic carbocycles. The van der Waals surface area contributed by atoms with Crippen LogP contribution in [0.3, 0.4) is 0 Å². The molecule has 3 N–H and O–H groups in total. The number of hydrazone groups is 1. The number of hydrogen-bond acceptors (Lipinski definition) is 5. The summed E-state index contributed by atoms with van der Waals surface area (Å²) in [5, 5.41) is 16.2. The zero-order valence-corrected chi connectivity index (χ0v) is 16.8. The maximum Gasteiger partial charge on any atom is 0.329 e. The van der Waals surface area contributed by atoms with Crippen LogP contribution in [0.15, 0.2) is 39.9 Å². The van der Waals surface area contributed by atoms with Gasteiger partial charge in [-0.15, -0.1) is 0 Å². The molecule has 7 nitrogen and oxygen atoms in total. The third kappa shape index (κ3) is 5.30. The van der Waals surface area contributed by atoms with Crippen LogP contribution < -0.4 is 15.5 Å². The maximum atomic E-state index is 12.0. The Morgan fingerprint density at radius 2 is 1.89 bits per heavy atom. The monoisotopic (exact) mass is 433 g/mol. The van der Waals surface area contributed by atoms with E-state index in [1.807, 2.05) is 32.0 Å². The molecule has 0 fully saturated rings. The SMILES string of the molecule is CCOc1cc(/C=N/NC(=O)C(=O)Nc2c(C)cccc2C)cc(Br)c1O. The van der Waals surface area contributed by atoms with E-state index in [0.717, 1.165) is 11.1 Å². The highest BCUT2D eigenvalue weighted by molar-refractivity contribution is 9.10. The minimum atomic E-state index is -0.892. The number of benzene rings is 2. The Kier molecular flexibility index (Phi) is 6.95. The number of nitrogens with one attached hydrogen (secondary N) is 2. The third-order valence-corrected chi connectivity index (χ3v) is 4.26. The molecule has 0 radical (unpaired) electrons. The van der Waals surface area contributed by atoms with E-state index in [0.29, 0.717) is 22.3 Å². The average molecular weight is 434 g/mol. The summed E-state index contributed by atoms with van der Waals surface area (Å²) in [5.41, 5.74) is 5.06. The number of para-hydroxylation sites is 1. The number of halogens is 1. The number of hydrogen-bond donors (Lipinski definition) is 3. The average Bonchev–Trinajstić information content (AvgIpc) is 2.62. The molecule has 0 heterocycles. The van der Waals surface area contributed by atoms with E-state index in [1.165, 1.54) is 6.21 Å². The van der Waals surface area contributed by atoms with Gasteiger partial charge in [0.25, 0.3) is 0 Å². The van der Waals surface area contributed by atoms with Crippen molar-refractivity contribution < 1.29 is 19.4 Å². The molecule has 0 spiro atoms. The summed E-state index contributed by atoms with van der Waals surface area (Å²) < 4.78 is 5.74. The first-order chi connectivity index (χ1) is 12.8. The van der Waals surface area contributed by atoms with Crippen LogP contribution in [-0.4, -0.2) is 29.7 Å². The minimum absolute atomic E-state index is 0.0222. The Morgan fingerprint density at radius 3 is 2.52 bits per heavy atom. The largest absolute Gasteiger partial charge is 0.503 e. The van der Waals surface area contributed by atoms with Gasteiger partial charge in [0, 0.05) is 5.69 Å². The number of aromatic hydroxyl groups is 1. The van der Waals surface area contributed by atoms with E-state index in [4.69, 9.17) is 4.74 Å². The first kappa shape index (κ1) is 20.4. The van der Waals surface area contributed by atoms with Gasteiger partial charge in [-0.25, -0.2) is 5.43 Å². The van der Waals surface area contributed by atoms with Gasteiger partial charge >= 0.3 is 11.8 Å². The van der Waals surface area contributed by atoms with Crippen molar-refractivity contribution in [1.29, 1.82) is 0 Å². The van der Waals surface area contributed by atoms with E-state index in [1.54, 1.807) is 19.1 Å². The van der Waals surface area contributed by atoms with E-state index >= 15 is 0 Å². The number of amides is 2. The molecule has 2 aromatic carbocycles. The third-order valence-electron chi connectivity index (χ3n) is 3.66. The van der Waals surface area contributed by atoms with Crippen LogP contribution in [0.4, 0.5) is 5.69 Å². The quantitative estimate of drug-likeness (QED) is 0.382. The van der Waals surface area contributed by atoms with Gasteiger partial charge in [0.1, 0.15) is 0 Å². The number of aryl methyl sites for hydroxylation is 2. The van der Waals surface area contributed by atoms with Gasteiger partial charge in [-0.2, -0.15) is 5.10 Å². The van der Waals surface area contributed by atoms with Gasteiger partial charge in [-0.3, -0.25) is 9.59 Å². The zero-order valence-electron chi connectivity index (χ0n) is 15.2. The molecule has 8 heteroatoms. The fourth-order valence-corrected chi connectivity index (χ4v) is 2.79. The lowest BCUT2D eigenvalue weighted by Crippen LogP contribution is -2.32. The summed E-state index contributed by atoms with van der Waals surface area (Å²) in [5.74, 6) is -1.44. The van der Waals surface area contributed by atoms with Crippen molar-refractivity contribution in [3.05, 3.63) is 51.5 Å². The van der Waals surface area contributed by atoms with Crippen molar-refractivity contribution in [2.75, 3.05) is 11.9 Å². The number of phenols is 1. The molecule has 0 bridgehead atoms.